The lowest BCUT2D eigenvalue weighted by Crippen LogP contribution is -2.44. The maximum Gasteiger partial charge on any atom is 0.175 e. The highest BCUT2D eigenvalue weighted by molar-refractivity contribution is 7.99. The lowest BCUT2D eigenvalue weighted by molar-refractivity contribution is -0.0395. The molecule has 0 N–H and O–H groups in total. The number of hydrogen-bond donors (Lipinski definition) is 0. The number of nitrogens with zero attached hydrogens (tertiary/aromatic N) is 5. The van der Waals surface area contributed by atoms with E-state index in [-0.39, 0.29) is 17.2 Å². The molecule has 4 rings (SSSR count). The van der Waals surface area contributed by atoms with Gasteiger partial charge in [-0.2, -0.15) is 5.10 Å². The number of aromatic nitrogens is 3. The normalized spacial score (nSPS) is 22.1. The Hall–Kier alpha value is -2.56. The van der Waals surface area contributed by atoms with Gasteiger partial charge < -0.3 is 14.4 Å². The molecule has 2 aromatic rings. The molecule has 34 heavy (non-hydrogen) atoms. The van der Waals surface area contributed by atoms with Gasteiger partial charge in [-0.15, -0.1) is 0 Å². The van der Waals surface area contributed by atoms with Crippen LogP contribution in [0.25, 0.3) is 4.91 Å². The molecule has 0 amide bonds. The molecular formula is C24H33N5O4S. The van der Waals surface area contributed by atoms with Crippen molar-refractivity contribution in [3.8, 4) is 0 Å². The molecular weight excluding hydrogens is 454 g/mol. The summed E-state index contributed by atoms with van der Waals surface area (Å²) >= 11 is 0. The molecule has 0 saturated carbocycles. The summed E-state index contributed by atoms with van der Waals surface area (Å²) in [6.07, 6.45) is 6.07. The molecule has 2 aliphatic rings. The molecule has 0 aliphatic carbocycles. The number of ether oxygens (including phenoxy) is 2. The molecule has 10 heteroatoms. The molecule has 2 atom stereocenters. The summed E-state index contributed by atoms with van der Waals surface area (Å²) in [6.45, 7) is 10.4. The lowest BCUT2D eigenvalue weighted by Gasteiger charge is -2.35. The molecule has 2 saturated heterocycles. The number of rotatable bonds is 6. The van der Waals surface area contributed by atoms with E-state index in [1.54, 1.807) is 7.05 Å². The van der Waals surface area contributed by atoms with Gasteiger partial charge in [-0.25, -0.2) is 18.1 Å². The summed E-state index contributed by atoms with van der Waals surface area (Å²) in [7, 11) is -1.81. The highest BCUT2D eigenvalue weighted by atomic mass is 32.2. The molecule has 0 radical (unpaired) electrons. The van der Waals surface area contributed by atoms with Crippen molar-refractivity contribution < 1.29 is 17.9 Å². The molecule has 1 unspecified atom stereocenters. The second kappa shape index (κ2) is 9.97. The minimum atomic E-state index is -3.51. The average Bonchev–Trinajstić information content (AvgIpc) is 3.30. The zero-order valence-corrected chi connectivity index (χ0v) is 21.1. The largest absolute Gasteiger partial charge is 0.377 e. The van der Waals surface area contributed by atoms with Gasteiger partial charge in [0.2, 0.25) is 0 Å². The van der Waals surface area contributed by atoms with Crippen LogP contribution in [0.1, 0.15) is 54.9 Å². The van der Waals surface area contributed by atoms with Gasteiger partial charge in [0.15, 0.2) is 9.84 Å². The summed E-state index contributed by atoms with van der Waals surface area (Å²) in [4.78, 5) is 11.7. The third-order valence-corrected chi connectivity index (χ3v) is 7.53. The van der Waals surface area contributed by atoms with E-state index in [0.717, 1.165) is 25.9 Å². The molecule has 0 spiro atoms. The van der Waals surface area contributed by atoms with Gasteiger partial charge in [-0.1, -0.05) is 6.58 Å². The van der Waals surface area contributed by atoms with Crippen molar-refractivity contribution in [1.82, 2.24) is 14.8 Å². The van der Waals surface area contributed by atoms with Gasteiger partial charge in [-0.05, 0) is 50.8 Å². The Morgan fingerprint density at radius 3 is 2.74 bits per heavy atom. The molecule has 2 fully saturated rings. The average molecular weight is 488 g/mol. The fourth-order valence-electron chi connectivity index (χ4n) is 4.43. The van der Waals surface area contributed by atoms with Crippen molar-refractivity contribution in [2.75, 3.05) is 44.6 Å². The van der Waals surface area contributed by atoms with Gasteiger partial charge in [0, 0.05) is 38.2 Å². The van der Waals surface area contributed by atoms with Gasteiger partial charge in [0.1, 0.15) is 23.5 Å². The van der Waals surface area contributed by atoms with Crippen molar-refractivity contribution in [3.63, 3.8) is 0 Å². The highest BCUT2D eigenvalue weighted by Gasteiger charge is 2.27. The quantitative estimate of drug-likeness (QED) is 0.578. The van der Waals surface area contributed by atoms with E-state index in [9.17, 15) is 8.42 Å². The molecule has 184 valence electrons. The zero-order chi connectivity index (χ0) is 24.5. The predicted molar refractivity (Wildman–Crippen MR) is 133 cm³/mol. The maximum absolute atomic E-state index is 12.4. The van der Waals surface area contributed by atoms with Crippen LogP contribution in [0.15, 0.2) is 29.9 Å². The zero-order valence-electron chi connectivity index (χ0n) is 20.3. The van der Waals surface area contributed by atoms with Crippen molar-refractivity contribution >= 4 is 26.3 Å². The first-order valence-corrected chi connectivity index (χ1v) is 13.5. The predicted octanol–water partition coefficient (Wildman–Crippen LogP) is 2.99. The number of hydrogen-bond acceptors (Lipinski definition) is 8. The van der Waals surface area contributed by atoms with E-state index >= 15 is 0 Å². The third-order valence-electron chi connectivity index (χ3n) is 6.42. The van der Waals surface area contributed by atoms with Gasteiger partial charge in [0.05, 0.1) is 29.9 Å². The lowest BCUT2D eigenvalue weighted by atomic mass is 10.0. The third kappa shape index (κ3) is 4.94. The Kier molecular flexibility index (Phi) is 7.20. The molecule has 0 aromatic carbocycles. The molecule has 0 bridgehead atoms. The van der Waals surface area contributed by atoms with Crippen LogP contribution in [0, 0.1) is 6.92 Å². The van der Waals surface area contributed by atoms with E-state index in [1.165, 1.54) is 6.26 Å². The van der Waals surface area contributed by atoms with Crippen LogP contribution in [0.3, 0.4) is 0 Å². The van der Waals surface area contributed by atoms with E-state index in [4.69, 9.17) is 19.6 Å². The van der Waals surface area contributed by atoms with Crippen molar-refractivity contribution in [2.45, 2.75) is 45.4 Å². The summed E-state index contributed by atoms with van der Waals surface area (Å²) < 4.78 is 38.1. The van der Waals surface area contributed by atoms with Crippen molar-refractivity contribution in [1.29, 1.82) is 0 Å². The number of sulfone groups is 1. The van der Waals surface area contributed by atoms with Gasteiger partial charge in [-0.3, -0.25) is 4.99 Å². The van der Waals surface area contributed by atoms with E-state index in [0.29, 0.717) is 53.8 Å². The Balaban J connectivity index is 1.81. The standard InChI is InChI=1S/C24H33N5O4S/c1-16-15-32-13-11-28(16)21-14-19(18(3)34(5,30)31)17(2)23(26-21)24(25-4)20-9-10-29(27-20)22-8-6-7-12-33-22/h9-10,14,16,22H,3,6-8,11-13,15H2,1-2,4-5H3/t16-,22?/m1/s1. The van der Waals surface area contributed by atoms with Crippen LogP contribution >= 0.6 is 0 Å². The fourth-order valence-corrected chi connectivity index (χ4v) is 5.04. The van der Waals surface area contributed by atoms with Crippen molar-refractivity contribution in [2.24, 2.45) is 4.99 Å². The Morgan fingerprint density at radius 2 is 2.09 bits per heavy atom. The molecule has 2 aliphatic heterocycles. The number of aliphatic imine (C=N–C) groups is 1. The van der Waals surface area contributed by atoms with Crippen LogP contribution in [-0.4, -0.2) is 74.6 Å². The van der Waals surface area contributed by atoms with Crippen LogP contribution < -0.4 is 4.90 Å². The summed E-state index contributed by atoms with van der Waals surface area (Å²) in [5.41, 5.74) is 3.09. The van der Waals surface area contributed by atoms with E-state index in [1.807, 2.05) is 29.9 Å². The Bertz CT molecular complexity index is 1200. The highest BCUT2D eigenvalue weighted by Crippen LogP contribution is 2.31. The molecule has 9 nitrogen and oxygen atoms in total. The first-order valence-electron chi connectivity index (χ1n) is 11.6. The minimum Gasteiger partial charge on any atom is -0.377 e. The number of pyridine rings is 1. The monoisotopic (exact) mass is 487 g/mol. The van der Waals surface area contributed by atoms with E-state index < -0.39 is 9.84 Å². The Labute approximate surface area is 201 Å². The van der Waals surface area contributed by atoms with E-state index in [2.05, 4.69) is 23.4 Å². The first kappa shape index (κ1) is 24.6. The van der Waals surface area contributed by atoms with Gasteiger partial charge >= 0.3 is 0 Å². The molecule has 4 heterocycles. The van der Waals surface area contributed by atoms with Crippen LogP contribution in [0.5, 0.6) is 0 Å². The topological polar surface area (TPSA) is 98.9 Å². The van der Waals surface area contributed by atoms with Crippen LogP contribution in [0.4, 0.5) is 5.82 Å². The summed E-state index contributed by atoms with van der Waals surface area (Å²) in [5, 5.41) is 4.75. The number of morpholine rings is 1. The second-order valence-corrected chi connectivity index (χ2v) is 10.9. The summed E-state index contributed by atoms with van der Waals surface area (Å²) in [6, 6.07) is 3.81. The second-order valence-electron chi connectivity index (χ2n) is 8.89. The maximum atomic E-state index is 12.4. The van der Waals surface area contributed by atoms with Crippen LogP contribution in [0.2, 0.25) is 0 Å². The first-order chi connectivity index (χ1) is 16.2. The van der Waals surface area contributed by atoms with Crippen LogP contribution in [-0.2, 0) is 19.3 Å². The molecule has 2 aromatic heterocycles. The smallest absolute Gasteiger partial charge is 0.175 e. The fraction of sp³-hybridized carbons (Fsp3) is 0.542. The Morgan fingerprint density at radius 1 is 1.29 bits per heavy atom. The summed E-state index contributed by atoms with van der Waals surface area (Å²) in [5.74, 6) is 0.674. The minimum absolute atomic E-state index is 0.0624. The van der Waals surface area contributed by atoms with Crippen molar-refractivity contribution in [3.05, 3.63) is 47.4 Å². The SMILES string of the molecule is C=C(c1cc(N2CCOC[C@H]2C)nc(C(=NC)c2ccn(C3CCCCO3)n2)c1C)S(C)(=O)=O. The number of anilines is 1. The van der Waals surface area contributed by atoms with Gasteiger partial charge in [0.25, 0.3) is 0 Å².